The largest absolute Gasteiger partial charge is 0.433 e. The number of imide groups is 1. The van der Waals surface area contributed by atoms with E-state index in [1.165, 1.54) is 11.3 Å². The number of carbonyl (C=O) groups excluding carboxylic acids is 2. The summed E-state index contributed by atoms with van der Waals surface area (Å²) in [5.41, 5.74) is -1.09. The zero-order chi connectivity index (χ0) is 17.6. The Morgan fingerprint density at radius 2 is 2.08 bits per heavy atom. The molecular weight excluding hydrogens is 365 g/mol. The Bertz CT molecular complexity index is 707. The third-order valence-corrected chi connectivity index (χ3v) is 4.25. The number of alkyl halides is 3. The van der Waals surface area contributed by atoms with Crippen LogP contribution in [0, 0.1) is 0 Å². The second-order valence-electron chi connectivity index (χ2n) is 4.32. The molecule has 2 aromatic heterocycles. The van der Waals surface area contributed by atoms with Gasteiger partial charge in [-0.3, -0.25) is 10.1 Å². The number of urea groups is 1. The molecule has 0 aliphatic heterocycles. The Hall–Kier alpha value is -2.14. The molecule has 11 heteroatoms. The summed E-state index contributed by atoms with van der Waals surface area (Å²) < 4.78 is 37.5. The summed E-state index contributed by atoms with van der Waals surface area (Å²) >= 11 is 2.16. The van der Waals surface area contributed by atoms with Crippen LogP contribution in [0.3, 0.4) is 0 Å². The van der Waals surface area contributed by atoms with Gasteiger partial charge in [0.1, 0.15) is 5.69 Å². The number of thioether (sulfide) groups is 1. The zero-order valence-corrected chi connectivity index (χ0v) is 13.6. The van der Waals surface area contributed by atoms with E-state index in [1.54, 1.807) is 0 Å². The van der Waals surface area contributed by atoms with E-state index in [9.17, 15) is 22.8 Å². The van der Waals surface area contributed by atoms with Crippen molar-refractivity contribution < 1.29 is 22.8 Å². The van der Waals surface area contributed by atoms with Crippen LogP contribution in [0.5, 0.6) is 0 Å². The van der Waals surface area contributed by atoms with Crippen LogP contribution in [0.15, 0.2) is 34.9 Å². The highest BCUT2D eigenvalue weighted by atomic mass is 32.2. The minimum Gasteiger partial charge on any atom is -0.333 e. The fourth-order valence-corrected chi connectivity index (χ4v) is 2.76. The monoisotopic (exact) mass is 376 g/mol. The Labute approximate surface area is 142 Å². The number of amides is 3. The molecule has 0 fully saturated rings. The molecule has 0 bridgehead atoms. The molecule has 24 heavy (non-hydrogen) atoms. The van der Waals surface area contributed by atoms with Crippen LogP contribution < -0.4 is 10.6 Å². The van der Waals surface area contributed by atoms with Crippen molar-refractivity contribution in [2.75, 3.05) is 5.75 Å². The molecule has 0 atom stereocenters. The Morgan fingerprint density at radius 3 is 2.75 bits per heavy atom. The van der Waals surface area contributed by atoms with Gasteiger partial charge >= 0.3 is 12.2 Å². The van der Waals surface area contributed by atoms with E-state index in [0.717, 1.165) is 17.1 Å². The smallest absolute Gasteiger partial charge is 0.333 e. The van der Waals surface area contributed by atoms with Crippen molar-refractivity contribution in [2.45, 2.75) is 17.9 Å². The first-order chi connectivity index (χ1) is 11.3. The van der Waals surface area contributed by atoms with Crippen LogP contribution in [-0.2, 0) is 17.5 Å². The summed E-state index contributed by atoms with van der Waals surface area (Å²) in [6.45, 7) is 0.278. The van der Waals surface area contributed by atoms with Crippen molar-refractivity contribution in [1.29, 1.82) is 0 Å². The normalized spacial score (nSPS) is 11.1. The number of carbonyl (C=O) groups is 2. The maximum Gasteiger partial charge on any atom is 0.433 e. The number of aromatic nitrogens is 2. The molecule has 6 nitrogen and oxygen atoms in total. The first-order valence-electron chi connectivity index (χ1n) is 6.47. The van der Waals surface area contributed by atoms with Gasteiger partial charge in [0.25, 0.3) is 0 Å². The molecule has 0 aromatic carbocycles. The van der Waals surface area contributed by atoms with Gasteiger partial charge in [0.15, 0.2) is 5.16 Å². The molecule has 0 aliphatic carbocycles. The number of hydrogen-bond donors (Lipinski definition) is 2. The molecule has 0 spiro atoms. The lowest BCUT2D eigenvalue weighted by Crippen LogP contribution is -2.39. The number of nitrogens with zero attached hydrogens (tertiary/aromatic N) is 2. The lowest BCUT2D eigenvalue weighted by atomic mass is 10.4. The fraction of sp³-hybridized carbons (Fsp3) is 0.231. The van der Waals surface area contributed by atoms with Gasteiger partial charge in [-0.05, 0) is 17.5 Å². The van der Waals surface area contributed by atoms with E-state index in [2.05, 4.69) is 20.6 Å². The van der Waals surface area contributed by atoms with Crippen molar-refractivity contribution in [3.63, 3.8) is 0 Å². The van der Waals surface area contributed by atoms with Gasteiger partial charge in [-0.1, -0.05) is 17.8 Å². The van der Waals surface area contributed by atoms with Crippen LogP contribution in [-0.4, -0.2) is 27.7 Å². The highest BCUT2D eigenvalue weighted by molar-refractivity contribution is 7.99. The topological polar surface area (TPSA) is 84.0 Å². The summed E-state index contributed by atoms with van der Waals surface area (Å²) in [6.07, 6.45) is -3.62. The van der Waals surface area contributed by atoms with E-state index in [-0.39, 0.29) is 17.5 Å². The van der Waals surface area contributed by atoms with E-state index >= 15 is 0 Å². The van der Waals surface area contributed by atoms with Gasteiger partial charge in [0, 0.05) is 11.1 Å². The highest BCUT2D eigenvalue weighted by Crippen LogP contribution is 2.28. The van der Waals surface area contributed by atoms with Crippen molar-refractivity contribution in [2.24, 2.45) is 0 Å². The maximum absolute atomic E-state index is 12.5. The molecule has 2 heterocycles. The summed E-state index contributed by atoms with van der Waals surface area (Å²) in [6, 6.07) is 3.71. The van der Waals surface area contributed by atoms with Crippen LogP contribution >= 0.6 is 23.1 Å². The molecule has 0 radical (unpaired) electrons. The fourth-order valence-electron chi connectivity index (χ4n) is 1.49. The number of nitrogens with one attached hydrogen (secondary N) is 2. The average molecular weight is 376 g/mol. The lowest BCUT2D eigenvalue weighted by molar-refractivity contribution is -0.141. The third kappa shape index (κ3) is 5.81. The van der Waals surface area contributed by atoms with Crippen molar-refractivity contribution in [1.82, 2.24) is 20.6 Å². The summed E-state index contributed by atoms with van der Waals surface area (Å²) in [4.78, 5) is 31.0. The van der Waals surface area contributed by atoms with Gasteiger partial charge in [0.2, 0.25) is 5.91 Å². The molecule has 0 aliphatic rings. The van der Waals surface area contributed by atoms with Gasteiger partial charge in [-0.2, -0.15) is 13.2 Å². The van der Waals surface area contributed by atoms with Gasteiger partial charge in [0.05, 0.1) is 12.3 Å². The van der Waals surface area contributed by atoms with Crippen molar-refractivity contribution in [3.8, 4) is 0 Å². The molecule has 2 N–H and O–H groups in total. The number of halogens is 3. The van der Waals surface area contributed by atoms with E-state index in [1.807, 2.05) is 17.5 Å². The van der Waals surface area contributed by atoms with Crippen molar-refractivity contribution >= 4 is 35.0 Å². The first-order valence-corrected chi connectivity index (χ1v) is 8.34. The quantitative estimate of drug-likeness (QED) is 0.619. The number of hydrogen-bond acceptors (Lipinski definition) is 6. The second kappa shape index (κ2) is 8.11. The molecule has 0 saturated heterocycles. The van der Waals surface area contributed by atoms with Gasteiger partial charge in [-0.15, -0.1) is 11.3 Å². The number of thiophene rings is 1. The summed E-state index contributed by atoms with van der Waals surface area (Å²) in [5.74, 6) is -0.946. The van der Waals surface area contributed by atoms with Crippen LogP contribution in [0.25, 0.3) is 0 Å². The van der Waals surface area contributed by atoms with Crippen molar-refractivity contribution in [3.05, 3.63) is 40.3 Å². The summed E-state index contributed by atoms with van der Waals surface area (Å²) in [5, 5.41) is 6.23. The molecule has 0 unspecified atom stereocenters. The standard InChI is InChI=1S/C13H11F3N4O2S2/c14-13(15,16)9-3-4-17-12(19-9)24-7-10(21)20-11(22)18-6-8-2-1-5-23-8/h1-5H,6-7H2,(H2,18,20,21,22). The molecule has 128 valence electrons. The first kappa shape index (κ1) is 18.2. The van der Waals surface area contributed by atoms with Gasteiger partial charge in [-0.25, -0.2) is 14.8 Å². The third-order valence-electron chi connectivity index (χ3n) is 2.51. The zero-order valence-electron chi connectivity index (χ0n) is 12.0. The minimum atomic E-state index is -4.58. The van der Waals surface area contributed by atoms with Crippen LogP contribution in [0.2, 0.25) is 0 Å². The molecule has 2 aromatic rings. The van der Waals surface area contributed by atoms with E-state index in [4.69, 9.17) is 0 Å². The molecule has 2 rings (SSSR count). The van der Waals surface area contributed by atoms with Crippen LogP contribution in [0.4, 0.5) is 18.0 Å². The predicted octanol–water partition coefficient (Wildman–Crippen LogP) is 2.68. The molecule has 0 saturated carbocycles. The molecule has 3 amide bonds. The predicted molar refractivity (Wildman–Crippen MR) is 82.5 cm³/mol. The SMILES string of the molecule is O=C(CSc1nccc(C(F)(F)F)n1)NC(=O)NCc1cccs1. The average Bonchev–Trinajstić information content (AvgIpc) is 3.04. The van der Waals surface area contributed by atoms with E-state index < -0.39 is 23.8 Å². The maximum atomic E-state index is 12.5. The lowest BCUT2D eigenvalue weighted by Gasteiger charge is -2.07. The number of rotatable bonds is 5. The minimum absolute atomic E-state index is 0.195. The van der Waals surface area contributed by atoms with Crippen LogP contribution in [0.1, 0.15) is 10.6 Å². The van der Waals surface area contributed by atoms with E-state index in [0.29, 0.717) is 11.8 Å². The Balaban J connectivity index is 1.77. The Morgan fingerprint density at radius 1 is 1.29 bits per heavy atom. The summed E-state index contributed by atoms with van der Waals surface area (Å²) in [7, 11) is 0. The van der Waals surface area contributed by atoms with Gasteiger partial charge < -0.3 is 5.32 Å². The second-order valence-corrected chi connectivity index (χ2v) is 6.30. The Kier molecular flexibility index (Phi) is 6.15. The highest BCUT2D eigenvalue weighted by Gasteiger charge is 2.32. The molecular formula is C13H11F3N4O2S2.